The Hall–Kier alpha value is -3.00. The molecular weight excluding hydrogens is 340 g/mol. The first-order chi connectivity index (χ1) is 13.3. The van der Waals surface area contributed by atoms with Gasteiger partial charge in [-0.2, -0.15) is 0 Å². The van der Waals surface area contributed by atoms with Gasteiger partial charge in [0, 0.05) is 24.3 Å². The van der Waals surface area contributed by atoms with Gasteiger partial charge in [-0.05, 0) is 60.0 Å². The molecule has 0 bridgehead atoms. The number of nitrogens with zero attached hydrogens (tertiary/aromatic N) is 6. The predicted molar refractivity (Wildman–Crippen MR) is 104 cm³/mol. The van der Waals surface area contributed by atoms with E-state index in [2.05, 4.69) is 66.6 Å². The molecule has 1 fully saturated rings. The van der Waals surface area contributed by atoms with Crippen LogP contribution in [0.4, 0.5) is 5.82 Å². The lowest BCUT2D eigenvalue weighted by Crippen LogP contribution is -2.33. The van der Waals surface area contributed by atoms with Gasteiger partial charge < -0.3 is 9.72 Å². The maximum atomic E-state index is 4.92. The number of anilines is 1. The van der Waals surface area contributed by atoms with Crippen LogP contribution in [0.25, 0.3) is 27.9 Å². The van der Waals surface area contributed by atoms with Crippen molar-refractivity contribution in [3.63, 3.8) is 0 Å². The molecule has 3 aromatic heterocycles. The van der Waals surface area contributed by atoms with Gasteiger partial charge in [0.2, 0.25) is 0 Å². The largest absolute Gasteiger partial charge is 0.356 e. The van der Waals surface area contributed by atoms with E-state index in [-0.39, 0.29) is 0 Å². The van der Waals surface area contributed by atoms with Gasteiger partial charge in [-0.15, -0.1) is 5.10 Å². The van der Waals surface area contributed by atoms with Crippen LogP contribution in [0, 0.1) is 0 Å². The molecule has 1 atom stereocenters. The third-order valence-corrected chi connectivity index (χ3v) is 5.50. The first kappa shape index (κ1) is 16.2. The van der Waals surface area contributed by atoms with E-state index in [0.29, 0.717) is 11.9 Å². The number of aromatic amines is 1. The Morgan fingerprint density at radius 3 is 3.07 bits per heavy atom. The van der Waals surface area contributed by atoms with Crippen molar-refractivity contribution < 1.29 is 0 Å². The Balaban J connectivity index is 1.53. The molecule has 1 aromatic carbocycles. The van der Waals surface area contributed by atoms with Gasteiger partial charge in [0.1, 0.15) is 0 Å². The zero-order chi connectivity index (χ0) is 18.2. The second-order valence-corrected chi connectivity index (χ2v) is 7.03. The summed E-state index contributed by atoms with van der Waals surface area (Å²) in [6, 6.07) is 10.9. The van der Waals surface area contributed by atoms with Crippen molar-refractivity contribution in [3.05, 3.63) is 36.5 Å². The smallest absolute Gasteiger partial charge is 0.179 e. The van der Waals surface area contributed by atoms with Crippen LogP contribution in [0.3, 0.4) is 0 Å². The van der Waals surface area contributed by atoms with Crippen molar-refractivity contribution in [1.82, 2.24) is 34.9 Å². The monoisotopic (exact) mass is 362 g/mol. The molecule has 1 aliphatic heterocycles. The van der Waals surface area contributed by atoms with Crippen LogP contribution in [-0.4, -0.2) is 54.2 Å². The van der Waals surface area contributed by atoms with Crippen LogP contribution in [0.15, 0.2) is 36.5 Å². The first-order valence-corrected chi connectivity index (χ1v) is 9.46. The fraction of sp³-hybridized carbons (Fsp3) is 0.368. The molecule has 8 nitrogen and oxygen atoms in total. The summed E-state index contributed by atoms with van der Waals surface area (Å²) in [5.41, 5.74) is 3.97. The lowest BCUT2D eigenvalue weighted by molar-refractivity contribution is 0.265. The maximum Gasteiger partial charge on any atom is 0.179 e. The molecule has 2 N–H and O–H groups in total. The van der Waals surface area contributed by atoms with Gasteiger partial charge in [0.05, 0.1) is 23.2 Å². The van der Waals surface area contributed by atoms with Crippen molar-refractivity contribution in [3.8, 4) is 11.4 Å². The Morgan fingerprint density at radius 1 is 1.26 bits per heavy atom. The number of rotatable bonds is 5. The summed E-state index contributed by atoms with van der Waals surface area (Å²) < 4.78 is 2.17. The fourth-order valence-electron chi connectivity index (χ4n) is 4.08. The standard InChI is InChI=1S/C19H22N8/c1-2-14-5-3-9-26(14)12-20-19-17-6-4-10-27(17)16-8-7-13(11-15(16)21-19)18-22-24-25-23-18/h4,6-8,10-11,14H,2-3,5,9,12H2,1H3,(H,20,21)(H,22,23,24,25). The average molecular weight is 362 g/mol. The third-order valence-electron chi connectivity index (χ3n) is 5.50. The highest BCUT2D eigenvalue weighted by Crippen LogP contribution is 2.26. The summed E-state index contributed by atoms with van der Waals surface area (Å²) in [7, 11) is 0. The topological polar surface area (TPSA) is 87.0 Å². The lowest BCUT2D eigenvalue weighted by Gasteiger charge is -2.24. The maximum absolute atomic E-state index is 4.92. The second kappa shape index (κ2) is 6.62. The molecule has 0 radical (unpaired) electrons. The van der Waals surface area contributed by atoms with Crippen molar-refractivity contribution in [2.75, 3.05) is 18.5 Å². The van der Waals surface area contributed by atoms with Gasteiger partial charge in [-0.1, -0.05) is 6.92 Å². The summed E-state index contributed by atoms with van der Waals surface area (Å²) in [6.45, 7) is 4.24. The third kappa shape index (κ3) is 2.82. The molecule has 0 amide bonds. The van der Waals surface area contributed by atoms with Gasteiger partial charge in [0.25, 0.3) is 0 Å². The van der Waals surface area contributed by atoms with E-state index < -0.39 is 0 Å². The highest BCUT2D eigenvalue weighted by Gasteiger charge is 2.22. The molecule has 4 heterocycles. The minimum absolute atomic E-state index is 0.642. The van der Waals surface area contributed by atoms with Crippen LogP contribution >= 0.6 is 0 Å². The minimum atomic E-state index is 0.642. The average Bonchev–Trinajstić information content (AvgIpc) is 3.46. The molecular formula is C19H22N8. The first-order valence-electron chi connectivity index (χ1n) is 9.46. The van der Waals surface area contributed by atoms with Gasteiger partial charge in [0.15, 0.2) is 11.6 Å². The molecule has 4 aromatic rings. The fourth-order valence-corrected chi connectivity index (χ4v) is 4.08. The molecule has 1 saturated heterocycles. The number of benzene rings is 1. The number of aromatic nitrogens is 6. The van der Waals surface area contributed by atoms with Crippen LogP contribution in [0.2, 0.25) is 0 Å². The zero-order valence-corrected chi connectivity index (χ0v) is 15.3. The zero-order valence-electron chi connectivity index (χ0n) is 15.3. The van der Waals surface area contributed by atoms with E-state index in [4.69, 9.17) is 4.98 Å². The van der Waals surface area contributed by atoms with E-state index in [1.807, 2.05) is 12.1 Å². The predicted octanol–water partition coefficient (Wildman–Crippen LogP) is 2.91. The Labute approximate surface area is 156 Å². The van der Waals surface area contributed by atoms with Crippen LogP contribution in [0.1, 0.15) is 26.2 Å². The van der Waals surface area contributed by atoms with Crippen molar-refractivity contribution in [2.24, 2.45) is 0 Å². The Morgan fingerprint density at radius 2 is 2.22 bits per heavy atom. The number of H-pyrrole nitrogens is 1. The van der Waals surface area contributed by atoms with E-state index in [9.17, 15) is 0 Å². The normalized spacial score (nSPS) is 17.9. The number of hydrogen-bond donors (Lipinski definition) is 2. The highest BCUT2D eigenvalue weighted by molar-refractivity contribution is 5.87. The van der Waals surface area contributed by atoms with Crippen molar-refractivity contribution >= 4 is 22.4 Å². The summed E-state index contributed by atoms with van der Waals surface area (Å²) in [6.07, 6.45) is 5.84. The molecule has 138 valence electrons. The molecule has 0 saturated carbocycles. The molecule has 1 unspecified atom stereocenters. The SMILES string of the molecule is CCC1CCCN1CNc1nc2cc(-c3nnn[nH]3)ccc2n2cccc12. The van der Waals surface area contributed by atoms with E-state index in [0.717, 1.165) is 41.1 Å². The molecule has 1 aliphatic rings. The van der Waals surface area contributed by atoms with Crippen molar-refractivity contribution in [2.45, 2.75) is 32.2 Å². The lowest BCUT2D eigenvalue weighted by atomic mass is 10.2. The molecule has 0 aliphatic carbocycles. The number of nitrogens with one attached hydrogen (secondary N) is 2. The summed E-state index contributed by atoms with van der Waals surface area (Å²) in [5, 5.41) is 17.7. The van der Waals surface area contributed by atoms with Crippen LogP contribution in [0.5, 0.6) is 0 Å². The van der Waals surface area contributed by atoms with Crippen LogP contribution in [-0.2, 0) is 0 Å². The van der Waals surface area contributed by atoms with Gasteiger partial charge in [-0.25, -0.2) is 10.1 Å². The van der Waals surface area contributed by atoms with Crippen LogP contribution < -0.4 is 5.32 Å². The summed E-state index contributed by atoms with van der Waals surface area (Å²) in [5.74, 6) is 1.55. The number of fused-ring (bicyclic) bond motifs is 3. The van der Waals surface area contributed by atoms with Gasteiger partial charge >= 0.3 is 0 Å². The number of likely N-dealkylation sites (tertiary alicyclic amines) is 1. The second-order valence-electron chi connectivity index (χ2n) is 7.03. The molecule has 5 rings (SSSR count). The molecule has 27 heavy (non-hydrogen) atoms. The molecule has 8 heteroatoms. The number of hydrogen-bond acceptors (Lipinski definition) is 6. The minimum Gasteiger partial charge on any atom is -0.356 e. The van der Waals surface area contributed by atoms with E-state index in [1.165, 1.54) is 19.3 Å². The molecule has 0 spiro atoms. The Bertz CT molecular complexity index is 1070. The van der Waals surface area contributed by atoms with E-state index in [1.54, 1.807) is 0 Å². The Kier molecular flexibility index (Phi) is 3.97. The highest BCUT2D eigenvalue weighted by atomic mass is 15.5. The van der Waals surface area contributed by atoms with Crippen molar-refractivity contribution in [1.29, 1.82) is 0 Å². The number of tetrazole rings is 1. The van der Waals surface area contributed by atoms with Gasteiger partial charge in [-0.3, -0.25) is 4.90 Å². The van der Waals surface area contributed by atoms with E-state index >= 15 is 0 Å². The quantitative estimate of drug-likeness (QED) is 0.568. The summed E-state index contributed by atoms with van der Waals surface area (Å²) >= 11 is 0. The summed E-state index contributed by atoms with van der Waals surface area (Å²) in [4.78, 5) is 7.43.